The van der Waals surface area contributed by atoms with E-state index in [0.717, 1.165) is 10.0 Å². The summed E-state index contributed by atoms with van der Waals surface area (Å²) in [5.41, 5.74) is 2.05. The van der Waals surface area contributed by atoms with E-state index in [1.165, 1.54) is 6.07 Å². The Hall–Kier alpha value is -3.71. The molecule has 4 rings (SSSR count). The molecule has 7 heteroatoms. The lowest BCUT2D eigenvalue weighted by Crippen LogP contribution is -2.36. The first kappa shape index (κ1) is 21.5. The maximum atomic E-state index is 13.2. The molecule has 4 aromatic rings. The third-order valence-electron chi connectivity index (χ3n) is 5.13. The van der Waals surface area contributed by atoms with Crippen LogP contribution in [0.25, 0.3) is 10.8 Å². The summed E-state index contributed by atoms with van der Waals surface area (Å²) >= 11 is 3.38. The van der Waals surface area contributed by atoms with Crippen molar-refractivity contribution in [1.29, 1.82) is 0 Å². The van der Waals surface area contributed by atoms with Crippen LogP contribution in [0, 0.1) is 4.91 Å². The maximum Gasteiger partial charge on any atom is 0.247 e. The predicted octanol–water partition coefficient (Wildman–Crippen LogP) is 6.37. The number of phenols is 1. The summed E-state index contributed by atoms with van der Waals surface area (Å²) in [6.45, 7) is 0. The van der Waals surface area contributed by atoms with E-state index in [1.807, 2.05) is 42.5 Å². The Bertz CT molecular complexity index is 1260. The van der Waals surface area contributed by atoms with Crippen LogP contribution in [0.4, 0.5) is 17.1 Å². The molecule has 4 aromatic carbocycles. The molecule has 1 amide bonds. The van der Waals surface area contributed by atoms with Crippen molar-refractivity contribution in [3.05, 3.63) is 99.9 Å². The third-order valence-corrected chi connectivity index (χ3v) is 5.66. The molecule has 0 aromatic heterocycles. The second-order valence-corrected chi connectivity index (χ2v) is 8.23. The molecule has 0 aliphatic rings. The molecular weight excluding hydrogens is 470 g/mol. The fraction of sp³-hybridized carbons (Fsp3) is 0.0800. The van der Waals surface area contributed by atoms with Crippen LogP contribution in [0.3, 0.4) is 0 Å². The topological polar surface area (TPSA) is 90.8 Å². The molecule has 0 saturated carbocycles. The molecule has 0 aliphatic carbocycles. The number of amides is 1. The number of nitrogens with zero attached hydrogens (tertiary/aromatic N) is 1. The number of fused-ring (bicyclic) bond motifs is 1. The van der Waals surface area contributed by atoms with Crippen molar-refractivity contribution in [3.63, 3.8) is 0 Å². The number of halogens is 1. The van der Waals surface area contributed by atoms with E-state index in [9.17, 15) is 14.8 Å². The lowest BCUT2D eigenvalue weighted by molar-refractivity contribution is -0.116. The predicted molar refractivity (Wildman–Crippen MR) is 131 cm³/mol. The molecule has 0 saturated heterocycles. The average Bonchev–Trinajstić information content (AvgIpc) is 2.82. The van der Waals surface area contributed by atoms with Crippen LogP contribution in [-0.4, -0.2) is 17.1 Å². The maximum absolute atomic E-state index is 13.2. The number of phenolic OH excluding ortho intramolecular Hbond substituents is 1. The van der Waals surface area contributed by atoms with E-state index in [2.05, 4.69) is 31.7 Å². The van der Waals surface area contributed by atoms with Gasteiger partial charge in [-0.1, -0.05) is 70.5 Å². The molecule has 0 aliphatic heterocycles. The Kier molecular flexibility index (Phi) is 6.47. The number of carbonyl (C=O) groups excluding carboxylic acids is 1. The molecule has 1 atom stereocenters. The van der Waals surface area contributed by atoms with E-state index >= 15 is 0 Å². The van der Waals surface area contributed by atoms with Gasteiger partial charge in [-0.15, -0.1) is 4.91 Å². The molecule has 0 fully saturated rings. The summed E-state index contributed by atoms with van der Waals surface area (Å²) in [4.78, 5) is 24.6. The molecule has 0 radical (unpaired) electrons. The normalized spacial score (nSPS) is 11.7. The number of aromatic hydroxyl groups is 1. The first-order valence-corrected chi connectivity index (χ1v) is 10.8. The quantitative estimate of drug-likeness (QED) is 0.208. The van der Waals surface area contributed by atoms with Crippen molar-refractivity contribution < 1.29 is 9.90 Å². The average molecular weight is 490 g/mol. The number of carbonyl (C=O) groups is 1. The van der Waals surface area contributed by atoms with Gasteiger partial charge in [0.25, 0.3) is 0 Å². The van der Waals surface area contributed by atoms with Gasteiger partial charge in [0.15, 0.2) is 0 Å². The second kappa shape index (κ2) is 9.62. The molecule has 0 heterocycles. The minimum Gasteiger partial charge on any atom is -0.505 e. The number of anilines is 2. The van der Waals surface area contributed by atoms with Crippen LogP contribution in [0.2, 0.25) is 0 Å². The Morgan fingerprint density at radius 3 is 2.28 bits per heavy atom. The van der Waals surface area contributed by atoms with Crippen molar-refractivity contribution >= 4 is 49.7 Å². The zero-order chi connectivity index (χ0) is 22.5. The zero-order valence-corrected chi connectivity index (χ0v) is 18.5. The van der Waals surface area contributed by atoms with Crippen molar-refractivity contribution in [2.75, 3.05) is 10.6 Å². The van der Waals surface area contributed by atoms with E-state index in [1.54, 1.807) is 36.4 Å². The van der Waals surface area contributed by atoms with Crippen LogP contribution >= 0.6 is 15.9 Å². The summed E-state index contributed by atoms with van der Waals surface area (Å²) in [7, 11) is 0. The van der Waals surface area contributed by atoms with Crippen molar-refractivity contribution in [2.45, 2.75) is 12.5 Å². The molecule has 1 unspecified atom stereocenters. The van der Waals surface area contributed by atoms with Gasteiger partial charge in [-0.3, -0.25) is 4.79 Å². The lowest BCUT2D eigenvalue weighted by Gasteiger charge is -2.21. The van der Waals surface area contributed by atoms with Gasteiger partial charge in [0.2, 0.25) is 5.91 Å². The Labute approximate surface area is 193 Å². The molecule has 160 valence electrons. The van der Waals surface area contributed by atoms with Crippen LogP contribution in [0.5, 0.6) is 5.75 Å². The lowest BCUT2D eigenvalue weighted by atomic mass is 10.0. The highest BCUT2D eigenvalue weighted by atomic mass is 79.9. The minimum absolute atomic E-state index is 0.0393. The summed E-state index contributed by atoms with van der Waals surface area (Å²) in [6, 6.07) is 24.6. The van der Waals surface area contributed by atoms with Crippen LogP contribution in [-0.2, 0) is 11.2 Å². The fourth-order valence-corrected chi connectivity index (χ4v) is 3.80. The number of benzene rings is 4. The van der Waals surface area contributed by atoms with Crippen molar-refractivity contribution in [3.8, 4) is 5.75 Å². The van der Waals surface area contributed by atoms with E-state index in [-0.39, 0.29) is 23.0 Å². The Balaban J connectivity index is 1.68. The minimum atomic E-state index is -0.715. The van der Waals surface area contributed by atoms with E-state index < -0.39 is 6.04 Å². The smallest absolute Gasteiger partial charge is 0.247 e. The SMILES string of the molecule is O=Nc1cc(NC(Cc2ccccc2)C(=O)Nc2ccc(Br)cc2)c(O)c2ccccc12. The van der Waals surface area contributed by atoms with Crippen LogP contribution < -0.4 is 10.6 Å². The van der Waals surface area contributed by atoms with Crippen molar-refractivity contribution in [2.24, 2.45) is 5.18 Å². The van der Waals surface area contributed by atoms with E-state index in [4.69, 9.17) is 0 Å². The molecule has 0 bridgehead atoms. The number of nitrogens with one attached hydrogen (secondary N) is 2. The summed E-state index contributed by atoms with van der Waals surface area (Å²) < 4.78 is 0.907. The molecule has 0 spiro atoms. The van der Waals surface area contributed by atoms with Gasteiger partial charge in [0.1, 0.15) is 17.5 Å². The molecule has 3 N–H and O–H groups in total. The first-order valence-electron chi connectivity index (χ1n) is 10.00. The standard InChI is InChI=1S/C25H20BrN3O3/c26-17-10-12-18(13-11-17)27-25(31)23(14-16-6-2-1-3-7-16)28-22-15-21(29-32)19-8-4-5-9-20(19)24(22)30/h1-13,15,23,28,30H,14H2,(H,27,31). The fourth-order valence-electron chi connectivity index (χ4n) is 3.54. The van der Waals surface area contributed by atoms with Crippen LogP contribution in [0.1, 0.15) is 5.56 Å². The number of rotatable bonds is 7. The van der Waals surface area contributed by atoms with Crippen molar-refractivity contribution in [1.82, 2.24) is 0 Å². The molecule has 6 nitrogen and oxygen atoms in total. The van der Waals surface area contributed by atoms with Crippen LogP contribution in [0.15, 0.2) is 94.6 Å². The second-order valence-electron chi connectivity index (χ2n) is 7.31. The molecule has 32 heavy (non-hydrogen) atoms. The Morgan fingerprint density at radius 2 is 1.59 bits per heavy atom. The first-order chi connectivity index (χ1) is 15.5. The highest BCUT2D eigenvalue weighted by molar-refractivity contribution is 9.10. The largest absolute Gasteiger partial charge is 0.505 e. The van der Waals surface area contributed by atoms with Gasteiger partial charge in [-0.25, -0.2) is 0 Å². The Morgan fingerprint density at radius 1 is 0.938 bits per heavy atom. The highest BCUT2D eigenvalue weighted by Crippen LogP contribution is 2.39. The third kappa shape index (κ3) is 4.78. The number of hydrogen-bond acceptors (Lipinski definition) is 5. The van der Waals surface area contributed by atoms with E-state index in [0.29, 0.717) is 22.9 Å². The summed E-state index contributed by atoms with van der Waals surface area (Å²) in [6.07, 6.45) is 0.374. The van der Waals surface area contributed by atoms with Gasteiger partial charge in [0.05, 0.1) is 5.69 Å². The monoisotopic (exact) mass is 489 g/mol. The highest BCUT2D eigenvalue weighted by Gasteiger charge is 2.22. The number of hydrogen-bond donors (Lipinski definition) is 3. The van der Waals surface area contributed by atoms with Gasteiger partial charge < -0.3 is 15.7 Å². The van der Waals surface area contributed by atoms with Gasteiger partial charge in [0, 0.05) is 27.4 Å². The summed E-state index contributed by atoms with van der Waals surface area (Å²) in [5, 5.41) is 21.0. The number of nitroso groups, excluding NO2 is 1. The zero-order valence-electron chi connectivity index (χ0n) is 17.0. The molecular formula is C25H20BrN3O3. The van der Waals surface area contributed by atoms with Gasteiger partial charge in [-0.05, 0) is 41.1 Å². The van der Waals surface area contributed by atoms with Gasteiger partial charge in [-0.2, -0.15) is 0 Å². The van der Waals surface area contributed by atoms with Gasteiger partial charge >= 0.3 is 0 Å². The summed E-state index contributed by atoms with van der Waals surface area (Å²) in [5.74, 6) is -0.313.